The van der Waals surface area contributed by atoms with E-state index < -0.39 is 23.9 Å². The maximum atomic E-state index is 13.3. The van der Waals surface area contributed by atoms with E-state index in [9.17, 15) is 19.2 Å². The van der Waals surface area contributed by atoms with Crippen molar-refractivity contribution in [3.63, 3.8) is 0 Å². The number of aryl methyl sites for hydroxylation is 2. The van der Waals surface area contributed by atoms with Crippen LogP contribution in [0.2, 0.25) is 0 Å². The number of hydrogen-bond donors (Lipinski definition) is 2. The molecule has 0 saturated heterocycles. The van der Waals surface area contributed by atoms with Gasteiger partial charge in [-0.3, -0.25) is 19.7 Å². The minimum absolute atomic E-state index is 0.0509. The molecule has 190 valence electrons. The van der Waals surface area contributed by atoms with Gasteiger partial charge in [-0.05, 0) is 58.0 Å². The number of carbonyl (C=O) groups excluding carboxylic acids is 4. The number of thiazole rings is 1. The lowest BCUT2D eigenvalue weighted by atomic mass is 10.1. The van der Waals surface area contributed by atoms with Gasteiger partial charge < -0.3 is 10.1 Å². The zero-order chi connectivity index (χ0) is 26.9. The van der Waals surface area contributed by atoms with Crippen molar-refractivity contribution < 1.29 is 23.9 Å². The van der Waals surface area contributed by atoms with Crippen LogP contribution in [0.3, 0.4) is 0 Å². The molecule has 1 aromatic heterocycles. The third kappa shape index (κ3) is 5.40. The van der Waals surface area contributed by atoms with Crippen molar-refractivity contribution in [2.75, 3.05) is 15.5 Å². The van der Waals surface area contributed by atoms with Crippen LogP contribution in [0, 0.1) is 13.8 Å². The Bertz CT molecular complexity index is 1440. The third-order valence-electron chi connectivity index (χ3n) is 5.38. The standard InChI is InChI=1S/C26H23ClN4O5S/c1-13(2)36-25(35)18-10-5-6-11-19(18)31-23(33)20(27)21(24(31)34)29-17-9-7-8-16(12-17)22(32)30-26-28-14(3)15(4)37-26/h5-13,29H,1-4H3,(H,28,30,32). The maximum Gasteiger partial charge on any atom is 0.340 e. The molecule has 1 aliphatic heterocycles. The summed E-state index contributed by atoms with van der Waals surface area (Å²) in [4.78, 5) is 57.7. The molecular weight excluding hydrogens is 516 g/mol. The van der Waals surface area contributed by atoms with Gasteiger partial charge >= 0.3 is 5.97 Å². The van der Waals surface area contributed by atoms with Gasteiger partial charge in [0.15, 0.2) is 5.13 Å². The summed E-state index contributed by atoms with van der Waals surface area (Å²) < 4.78 is 5.25. The highest BCUT2D eigenvalue weighted by atomic mass is 35.5. The number of aromatic nitrogens is 1. The van der Waals surface area contributed by atoms with Crippen LogP contribution in [0.5, 0.6) is 0 Å². The first-order valence-corrected chi connectivity index (χ1v) is 12.5. The summed E-state index contributed by atoms with van der Waals surface area (Å²) in [5.74, 6) is -2.59. The Morgan fingerprint density at radius 2 is 1.78 bits per heavy atom. The summed E-state index contributed by atoms with van der Waals surface area (Å²) in [5.41, 5.74) is 1.44. The van der Waals surface area contributed by atoms with Gasteiger partial charge in [-0.1, -0.05) is 29.8 Å². The molecule has 0 spiro atoms. The van der Waals surface area contributed by atoms with Crippen molar-refractivity contribution in [2.24, 2.45) is 0 Å². The predicted octanol–water partition coefficient (Wildman–Crippen LogP) is 5.01. The molecule has 4 rings (SSSR count). The van der Waals surface area contributed by atoms with Crippen molar-refractivity contribution in [3.05, 3.63) is 81.0 Å². The summed E-state index contributed by atoms with van der Waals surface area (Å²) in [6.07, 6.45) is -0.391. The van der Waals surface area contributed by atoms with Crippen LogP contribution in [-0.4, -0.2) is 34.8 Å². The van der Waals surface area contributed by atoms with Gasteiger partial charge in [0, 0.05) is 16.1 Å². The smallest absolute Gasteiger partial charge is 0.340 e. The summed E-state index contributed by atoms with van der Waals surface area (Å²) in [7, 11) is 0. The largest absolute Gasteiger partial charge is 0.459 e. The summed E-state index contributed by atoms with van der Waals surface area (Å²) in [5, 5.41) is 5.74. The number of hydrogen-bond acceptors (Lipinski definition) is 8. The fourth-order valence-corrected chi connectivity index (χ4v) is 4.55. The van der Waals surface area contributed by atoms with Crippen LogP contribution in [-0.2, 0) is 14.3 Å². The lowest BCUT2D eigenvalue weighted by molar-refractivity contribution is -0.120. The summed E-state index contributed by atoms with van der Waals surface area (Å²) in [6.45, 7) is 7.17. The number of halogens is 1. The van der Waals surface area contributed by atoms with Crippen molar-refractivity contribution in [1.82, 2.24) is 4.98 Å². The number of rotatable bonds is 7. The Morgan fingerprint density at radius 1 is 1.05 bits per heavy atom. The summed E-state index contributed by atoms with van der Waals surface area (Å²) in [6, 6.07) is 12.5. The number of para-hydroxylation sites is 1. The average molecular weight is 539 g/mol. The predicted molar refractivity (Wildman–Crippen MR) is 142 cm³/mol. The Labute approximate surface area is 222 Å². The van der Waals surface area contributed by atoms with Crippen LogP contribution in [0.1, 0.15) is 45.1 Å². The van der Waals surface area contributed by atoms with E-state index in [-0.39, 0.29) is 27.9 Å². The first kappa shape index (κ1) is 26.1. The number of nitrogens with one attached hydrogen (secondary N) is 2. The molecule has 0 atom stereocenters. The van der Waals surface area contributed by atoms with Crippen LogP contribution in [0.15, 0.2) is 59.3 Å². The van der Waals surface area contributed by atoms with Gasteiger partial charge in [0.05, 0.1) is 23.0 Å². The molecule has 37 heavy (non-hydrogen) atoms. The fourth-order valence-electron chi connectivity index (χ4n) is 3.53. The number of amides is 3. The van der Waals surface area contributed by atoms with E-state index in [1.165, 1.54) is 29.5 Å². The molecule has 2 N–H and O–H groups in total. The van der Waals surface area contributed by atoms with Crippen LogP contribution < -0.4 is 15.5 Å². The summed E-state index contributed by atoms with van der Waals surface area (Å²) >= 11 is 7.63. The topological polar surface area (TPSA) is 118 Å². The van der Waals surface area contributed by atoms with E-state index in [4.69, 9.17) is 16.3 Å². The lowest BCUT2D eigenvalue weighted by Crippen LogP contribution is -2.34. The number of carbonyl (C=O) groups is 4. The van der Waals surface area contributed by atoms with Gasteiger partial charge in [-0.15, -0.1) is 11.3 Å². The first-order chi connectivity index (χ1) is 17.6. The molecule has 1 aliphatic rings. The number of esters is 1. The van der Waals surface area contributed by atoms with Crippen LogP contribution >= 0.6 is 22.9 Å². The molecule has 0 unspecified atom stereocenters. The Kier molecular flexibility index (Phi) is 7.42. The van der Waals surface area contributed by atoms with E-state index >= 15 is 0 Å². The molecular formula is C26H23ClN4O5S. The van der Waals surface area contributed by atoms with Crippen molar-refractivity contribution >= 4 is 63.1 Å². The zero-order valence-electron chi connectivity index (χ0n) is 20.4. The van der Waals surface area contributed by atoms with Crippen molar-refractivity contribution in [2.45, 2.75) is 33.8 Å². The highest BCUT2D eigenvalue weighted by Crippen LogP contribution is 2.33. The Morgan fingerprint density at radius 3 is 2.46 bits per heavy atom. The second-order valence-corrected chi connectivity index (χ2v) is 10.0. The van der Waals surface area contributed by atoms with E-state index in [0.29, 0.717) is 16.4 Å². The van der Waals surface area contributed by atoms with Crippen LogP contribution in [0.4, 0.5) is 16.5 Å². The minimum Gasteiger partial charge on any atom is -0.459 e. The van der Waals surface area contributed by atoms with Crippen molar-refractivity contribution in [1.29, 1.82) is 0 Å². The van der Waals surface area contributed by atoms with E-state index in [2.05, 4.69) is 15.6 Å². The van der Waals surface area contributed by atoms with Crippen LogP contribution in [0.25, 0.3) is 0 Å². The number of ether oxygens (including phenoxy) is 1. The molecule has 0 saturated carbocycles. The van der Waals surface area contributed by atoms with E-state index in [0.717, 1.165) is 15.5 Å². The molecule has 0 aliphatic carbocycles. The highest BCUT2D eigenvalue weighted by molar-refractivity contribution is 7.15. The maximum absolute atomic E-state index is 13.3. The molecule has 2 aromatic carbocycles. The molecule has 11 heteroatoms. The second kappa shape index (κ2) is 10.5. The number of anilines is 3. The number of nitrogens with zero attached hydrogens (tertiary/aromatic N) is 2. The molecule has 3 amide bonds. The van der Waals surface area contributed by atoms with Crippen molar-refractivity contribution in [3.8, 4) is 0 Å². The second-order valence-electron chi connectivity index (χ2n) is 8.43. The normalized spacial score (nSPS) is 13.4. The van der Waals surface area contributed by atoms with Gasteiger partial charge in [0.25, 0.3) is 17.7 Å². The SMILES string of the molecule is Cc1nc(NC(=O)c2cccc(NC3=C(Cl)C(=O)N(c4ccccc4C(=O)OC(C)C)C3=O)c2)sc1C. The molecule has 2 heterocycles. The van der Waals surface area contributed by atoms with Gasteiger partial charge in [0.1, 0.15) is 10.7 Å². The zero-order valence-corrected chi connectivity index (χ0v) is 22.0. The monoisotopic (exact) mass is 538 g/mol. The molecule has 3 aromatic rings. The molecule has 9 nitrogen and oxygen atoms in total. The van der Waals surface area contributed by atoms with E-state index in [1.54, 1.807) is 44.2 Å². The number of benzene rings is 2. The molecule has 0 fully saturated rings. The average Bonchev–Trinajstić information content (AvgIpc) is 3.28. The quantitative estimate of drug-likeness (QED) is 0.320. The van der Waals surface area contributed by atoms with E-state index in [1.807, 2.05) is 13.8 Å². The number of imide groups is 1. The first-order valence-electron chi connectivity index (χ1n) is 11.3. The molecule has 0 radical (unpaired) electrons. The molecule has 0 bridgehead atoms. The third-order valence-corrected chi connectivity index (χ3v) is 6.72. The Hall–Kier alpha value is -4.02. The lowest BCUT2D eigenvalue weighted by Gasteiger charge is -2.19. The highest BCUT2D eigenvalue weighted by Gasteiger charge is 2.40. The fraction of sp³-hybridized carbons (Fsp3) is 0.192. The minimum atomic E-state index is -0.789. The van der Waals surface area contributed by atoms with Gasteiger partial charge in [0.2, 0.25) is 0 Å². The van der Waals surface area contributed by atoms with Gasteiger partial charge in [-0.2, -0.15) is 0 Å². The Balaban J connectivity index is 1.56. The van der Waals surface area contributed by atoms with Gasteiger partial charge in [-0.25, -0.2) is 14.7 Å².